The second-order valence-corrected chi connectivity index (χ2v) is 7.43. The van der Waals surface area contributed by atoms with Crippen LogP contribution in [0.25, 0.3) is 0 Å². The summed E-state index contributed by atoms with van der Waals surface area (Å²) in [6.07, 6.45) is 1.97. The first kappa shape index (κ1) is 20.1. The Morgan fingerprint density at radius 3 is 2.21 bits per heavy atom. The smallest absolute Gasteiger partial charge is 0.315 e. The number of rotatable bonds is 6. The van der Waals surface area contributed by atoms with E-state index < -0.39 is 0 Å². The molecule has 0 aliphatic carbocycles. The van der Waals surface area contributed by atoms with Crippen molar-refractivity contribution in [3.8, 4) is 11.5 Å². The van der Waals surface area contributed by atoms with Gasteiger partial charge < -0.3 is 20.3 Å². The van der Waals surface area contributed by atoms with Gasteiger partial charge in [-0.2, -0.15) is 0 Å². The van der Waals surface area contributed by atoms with E-state index in [-0.39, 0.29) is 17.9 Å². The van der Waals surface area contributed by atoms with Gasteiger partial charge in [0.05, 0.1) is 0 Å². The maximum atomic E-state index is 12.9. The summed E-state index contributed by atoms with van der Waals surface area (Å²) in [5.74, 6) is 0.949. The molecule has 0 saturated carbocycles. The van der Waals surface area contributed by atoms with Crippen LogP contribution >= 0.6 is 0 Å². The molecule has 0 atom stereocenters. The average molecular weight is 385 g/mol. The lowest BCUT2D eigenvalue weighted by Crippen LogP contribution is -2.49. The van der Waals surface area contributed by atoms with Gasteiger partial charge in [0.2, 0.25) is 0 Å². The molecular formula is C22H28FN3O2. The van der Waals surface area contributed by atoms with Crippen molar-refractivity contribution in [3.05, 3.63) is 59.9 Å². The number of piperidine rings is 1. The lowest BCUT2D eigenvalue weighted by molar-refractivity contribution is 0.161. The zero-order valence-electron chi connectivity index (χ0n) is 16.5. The van der Waals surface area contributed by atoms with Crippen LogP contribution in [0.1, 0.15) is 32.3 Å². The van der Waals surface area contributed by atoms with Gasteiger partial charge >= 0.3 is 6.03 Å². The minimum absolute atomic E-state index is 0.130. The Morgan fingerprint density at radius 2 is 1.64 bits per heavy atom. The highest BCUT2D eigenvalue weighted by Gasteiger charge is 2.21. The summed E-state index contributed by atoms with van der Waals surface area (Å²) < 4.78 is 18.6. The Labute approximate surface area is 165 Å². The Hall–Kier alpha value is -2.60. The molecule has 0 radical (unpaired) electrons. The molecule has 5 nitrogen and oxygen atoms in total. The summed E-state index contributed by atoms with van der Waals surface area (Å²) in [4.78, 5) is 14.6. The minimum Gasteiger partial charge on any atom is -0.457 e. The van der Waals surface area contributed by atoms with Crippen molar-refractivity contribution in [1.82, 2.24) is 15.5 Å². The Bertz CT molecular complexity index is 754. The lowest BCUT2D eigenvalue weighted by Gasteiger charge is -2.34. The van der Waals surface area contributed by atoms with E-state index in [4.69, 9.17) is 4.74 Å². The van der Waals surface area contributed by atoms with Crippen molar-refractivity contribution < 1.29 is 13.9 Å². The molecule has 2 N–H and O–H groups in total. The number of nitrogens with one attached hydrogen (secondary N) is 2. The number of carbonyl (C=O) groups excluding carboxylic acids is 1. The second-order valence-electron chi connectivity index (χ2n) is 7.43. The number of hydrogen-bond acceptors (Lipinski definition) is 3. The number of amides is 2. The number of carbonyl (C=O) groups is 1. The minimum atomic E-state index is -0.294. The number of benzene rings is 2. The quantitative estimate of drug-likeness (QED) is 0.780. The lowest BCUT2D eigenvalue weighted by atomic mass is 10.0. The maximum absolute atomic E-state index is 12.9. The van der Waals surface area contributed by atoms with Crippen molar-refractivity contribution in [2.24, 2.45) is 0 Å². The van der Waals surface area contributed by atoms with E-state index in [0.29, 0.717) is 24.1 Å². The van der Waals surface area contributed by atoms with E-state index >= 15 is 0 Å². The van der Waals surface area contributed by atoms with Crippen molar-refractivity contribution >= 4 is 6.03 Å². The molecule has 1 saturated heterocycles. The molecule has 150 valence electrons. The highest BCUT2D eigenvalue weighted by atomic mass is 19.1. The number of urea groups is 1. The zero-order chi connectivity index (χ0) is 19.9. The first-order valence-electron chi connectivity index (χ1n) is 9.80. The number of hydrogen-bond donors (Lipinski definition) is 2. The van der Waals surface area contributed by atoms with Crippen LogP contribution in [0.2, 0.25) is 0 Å². The van der Waals surface area contributed by atoms with Crippen molar-refractivity contribution in [1.29, 1.82) is 0 Å². The predicted molar refractivity (Wildman–Crippen MR) is 108 cm³/mol. The van der Waals surface area contributed by atoms with Gasteiger partial charge in [0.15, 0.2) is 0 Å². The molecule has 1 aliphatic heterocycles. The van der Waals surface area contributed by atoms with Crippen LogP contribution in [-0.4, -0.2) is 36.1 Å². The fraction of sp³-hybridized carbons (Fsp3) is 0.409. The van der Waals surface area contributed by atoms with Gasteiger partial charge in [0.25, 0.3) is 0 Å². The van der Waals surface area contributed by atoms with Crippen molar-refractivity contribution in [2.75, 3.05) is 13.1 Å². The molecule has 0 spiro atoms. The molecule has 0 unspecified atom stereocenters. The van der Waals surface area contributed by atoms with Gasteiger partial charge in [0.1, 0.15) is 17.3 Å². The van der Waals surface area contributed by atoms with Gasteiger partial charge in [-0.3, -0.25) is 0 Å². The van der Waals surface area contributed by atoms with Crippen LogP contribution in [0.5, 0.6) is 11.5 Å². The molecule has 0 aromatic heterocycles. The molecule has 2 amide bonds. The van der Waals surface area contributed by atoms with Gasteiger partial charge in [0, 0.05) is 31.7 Å². The van der Waals surface area contributed by atoms with E-state index in [1.54, 1.807) is 12.1 Å². The molecule has 6 heteroatoms. The summed E-state index contributed by atoms with van der Waals surface area (Å²) in [7, 11) is 0. The monoisotopic (exact) mass is 385 g/mol. The van der Waals surface area contributed by atoms with Crippen molar-refractivity contribution in [3.63, 3.8) is 0 Å². The van der Waals surface area contributed by atoms with Crippen LogP contribution in [0, 0.1) is 5.82 Å². The SMILES string of the molecule is CC(C)N1CCC(NC(=O)NCc2ccc(Oc3ccc(F)cc3)cc2)CC1. The van der Waals surface area contributed by atoms with E-state index in [1.165, 1.54) is 12.1 Å². The Kier molecular flexibility index (Phi) is 6.87. The van der Waals surface area contributed by atoms with Gasteiger partial charge in [-0.15, -0.1) is 0 Å². The zero-order valence-corrected chi connectivity index (χ0v) is 16.5. The molecule has 1 fully saturated rings. The third kappa shape index (κ3) is 5.96. The fourth-order valence-corrected chi connectivity index (χ4v) is 3.29. The maximum Gasteiger partial charge on any atom is 0.315 e. The molecule has 1 heterocycles. The first-order chi connectivity index (χ1) is 13.5. The largest absolute Gasteiger partial charge is 0.457 e. The van der Waals surface area contributed by atoms with Gasteiger partial charge in [-0.25, -0.2) is 9.18 Å². The molecule has 1 aliphatic rings. The van der Waals surface area contributed by atoms with E-state index in [2.05, 4.69) is 29.4 Å². The van der Waals surface area contributed by atoms with Crippen LogP contribution < -0.4 is 15.4 Å². The molecular weight excluding hydrogens is 357 g/mol. The summed E-state index contributed by atoms with van der Waals surface area (Å²) in [5, 5.41) is 5.97. The second kappa shape index (κ2) is 9.55. The molecule has 2 aromatic carbocycles. The van der Waals surface area contributed by atoms with E-state index in [1.807, 2.05) is 24.3 Å². The standard InChI is InChI=1S/C22H28FN3O2/c1-16(2)26-13-11-19(12-14-26)25-22(27)24-15-17-3-7-20(8-4-17)28-21-9-5-18(23)6-10-21/h3-10,16,19H,11-15H2,1-2H3,(H2,24,25,27). The Morgan fingerprint density at radius 1 is 1.07 bits per heavy atom. The molecule has 3 rings (SSSR count). The average Bonchev–Trinajstić information content (AvgIpc) is 2.69. The van der Waals surface area contributed by atoms with Crippen LogP contribution in [0.4, 0.5) is 9.18 Å². The first-order valence-corrected chi connectivity index (χ1v) is 9.80. The highest BCUT2D eigenvalue weighted by molar-refractivity contribution is 5.74. The van der Waals surface area contributed by atoms with Crippen LogP contribution in [0.15, 0.2) is 48.5 Å². The van der Waals surface area contributed by atoms with Gasteiger partial charge in [-0.1, -0.05) is 12.1 Å². The highest BCUT2D eigenvalue weighted by Crippen LogP contribution is 2.21. The van der Waals surface area contributed by atoms with Crippen LogP contribution in [-0.2, 0) is 6.54 Å². The normalized spacial score (nSPS) is 15.4. The van der Waals surface area contributed by atoms with E-state index in [0.717, 1.165) is 31.5 Å². The Balaban J connectivity index is 1.41. The third-order valence-electron chi connectivity index (χ3n) is 5.02. The fourth-order valence-electron chi connectivity index (χ4n) is 3.29. The molecule has 28 heavy (non-hydrogen) atoms. The third-order valence-corrected chi connectivity index (χ3v) is 5.02. The number of nitrogens with zero attached hydrogens (tertiary/aromatic N) is 1. The van der Waals surface area contributed by atoms with Crippen LogP contribution in [0.3, 0.4) is 0 Å². The number of halogens is 1. The molecule has 2 aromatic rings. The summed E-state index contributed by atoms with van der Waals surface area (Å²) in [6, 6.07) is 14.0. The van der Waals surface area contributed by atoms with Gasteiger partial charge in [-0.05, 0) is 68.7 Å². The topological polar surface area (TPSA) is 53.6 Å². The number of likely N-dealkylation sites (tertiary alicyclic amines) is 1. The van der Waals surface area contributed by atoms with E-state index in [9.17, 15) is 9.18 Å². The summed E-state index contributed by atoms with van der Waals surface area (Å²) >= 11 is 0. The van der Waals surface area contributed by atoms with Crippen molar-refractivity contribution in [2.45, 2.75) is 45.3 Å². The molecule has 0 bridgehead atoms. The number of ether oxygens (including phenoxy) is 1. The summed E-state index contributed by atoms with van der Waals surface area (Å²) in [5.41, 5.74) is 0.983. The summed E-state index contributed by atoms with van der Waals surface area (Å²) in [6.45, 7) is 6.91. The predicted octanol–water partition coefficient (Wildman–Crippen LogP) is 4.29.